The normalized spacial score (nSPS) is 47.6. The fourth-order valence-corrected chi connectivity index (χ4v) is 4.90. The van der Waals surface area contributed by atoms with E-state index in [9.17, 15) is 4.79 Å². The molecule has 2 nitrogen and oxygen atoms in total. The maximum Gasteiger partial charge on any atom is 0.303 e. The van der Waals surface area contributed by atoms with Crippen LogP contribution in [0, 0.1) is 23.7 Å². The largest absolute Gasteiger partial charge is 0.454 e. The quantitative estimate of drug-likeness (QED) is 0.541. The molecule has 17 heavy (non-hydrogen) atoms. The number of esters is 1. The summed E-state index contributed by atoms with van der Waals surface area (Å²) in [6, 6.07) is 0. The first-order chi connectivity index (χ1) is 8.14. The molecule has 4 aliphatic rings. The summed E-state index contributed by atoms with van der Waals surface area (Å²) in [5.74, 6) is 2.87. The third-order valence-corrected chi connectivity index (χ3v) is 5.16. The maximum absolute atomic E-state index is 11.5. The minimum absolute atomic E-state index is 0.115. The highest BCUT2D eigenvalue weighted by Gasteiger charge is 2.58. The van der Waals surface area contributed by atoms with E-state index in [2.05, 4.69) is 12.2 Å². The number of hydrogen-bond donors (Lipinski definition) is 0. The summed E-state index contributed by atoms with van der Waals surface area (Å²) in [7, 11) is 0. The Hall–Kier alpha value is -0.790. The van der Waals surface area contributed by atoms with Crippen LogP contribution in [0.5, 0.6) is 0 Å². The molecule has 0 aromatic heterocycles. The Morgan fingerprint density at radius 2 is 1.65 bits per heavy atom. The van der Waals surface area contributed by atoms with Gasteiger partial charge in [-0.25, -0.2) is 0 Å². The van der Waals surface area contributed by atoms with Crippen LogP contribution in [0.25, 0.3) is 0 Å². The summed E-state index contributed by atoms with van der Waals surface area (Å²) >= 11 is 0. The molecular formula is C15H22O2. The molecule has 0 amide bonds. The van der Waals surface area contributed by atoms with Gasteiger partial charge in [-0.15, -0.1) is 0 Å². The van der Waals surface area contributed by atoms with Crippen LogP contribution in [0.15, 0.2) is 12.2 Å². The zero-order chi connectivity index (χ0) is 12.0. The molecule has 0 heterocycles. The van der Waals surface area contributed by atoms with E-state index < -0.39 is 0 Å². The van der Waals surface area contributed by atoms with Crippen molar-refractivity contribution in [1.29, 1.82) is 0 Å². The van der Waals surface area contributed by atoms with Crippen LogP contribution in [-0.2, 0) is 9.53 Å². The highest BCUT2D eigenvalue weighted by molar-refractivity contribution is 5.67. The molecule has 0 spiro atoms. The summed E-state index contributed by atoms with van der Waals surface area (Å²) in [5, 5.41) is 0. The summed E-state index contributed by atoms with van der Waals surface area (Å²) in [5.41, 5.74) is -0.256. The van der Waals surface area contributed by atoms with Crippen molar-refractivity contribution in [2.24, 2.45) is 23.7 Å². The molecule has 4 rings (SSSR count). The van der Waals surface area contributed by atoms with Crippen molar-refractivity contribution >= 4 is 5.97 Å². The van der Waals surface area contributed by atoms with Crippen LogP contribution >= 0.6 is 0 Å². The van der Waals surface area contributed by atoms with Gasteiger partial charge in [-0.2, -0.15) is 0 Å². The average Bonchev–Trinajstić information content (AvgIpc) is 2.24. The number of carbonyl (C=O) groups is 1. The lowest BCUT2D eigenvalue weighted by molar-refractivity contribution is -0.190. The summed E-state index contributed by atoms with van der Waals surface area (Å²) in [6.07, 6.45) is 10.8. The van der Waals surface area contributed by atoms with Gasteiger partial charge in [0.15, 0.2) is 0 Å². The van der Waals surface area contributed by atoms with Gasteiger partial charge in [-0.1, -0.05) is 6.08 Å². The van der Waals surface area contributed by atoms with Crippen LogP contribution in [0.2, 0.25) is 0 Å². The molecule has 0 unspecified atom stereocenters. The fraction of sp³-hybridized carbons (Fsp3) is 0.800. The van der Waals surface area contributed by atoms with Gasteiger partial charge in [0.05, 0.1) is 0 Å². The molecule has 0 saturated heterocycles. The summed E-state index contributed by atoms with van der Waals surface area (Å²) < 4.78 is 5.83. The van der Waals surface area contributed by atoms with Gasteiger partial charge >= 0.3 is 5.97 Å². The molecule has 0 aromatic carbocycles. The number of allylic oxidation sites excluding steroid dienone is 1. The molecule has 0 N–H and O–H groups in total. The van der Waals surface area contributed by atoms with Gasteiger partial charge in [0.2, 0.25) is 0 Å². The van der Waals surface area contributed by atoms with Crippen LogP contribution in [0.1, 0.15) is 46.0 Å². The van der Waals surface area contributed by atoms with E-state index in [4.69, 9.17) is 4.74 Å². The van der Waals surface area contributed by atoms with Gasteiger partial charge in [0, 0.05) is 18.8 Å². The second-order valence-corrected chi connectivity index (χ2v) is 6.25. The topological polar surface area (TPSA) is 26.3 Å². The third kappa shape index (κ3) is 1.64. The molecule has 0 atom stereocenters. The SMILES string of the molecule is C/C=C/C1(OC(C)=O)C2CC3CC(C2)CC1C3. The second-order valence-electron chi connectivity index (χ2n) is 6.25. The van der Waals surface area contributed by atoms with E-state index >= 15 is 0 Å². The maximum atomic E-state index is 11.5. The van der Waals surface area contributed by atoms with Crippen LogP contribution in [0.4, 0.5) is 0 Å². The lowest BCUT2D eigenvalue weighted by Crippen LogP contribution is -2.58. The predicted molar refractivity (Wildman–Crippen MR) is 66.4 cm³/mol. The molecule has 0 aromatic rings. The smallest absolute Gasteiger partial charge is 0.303 e. The number of hydrogen-bond acceptors (Lipinski definition) is 2. The van der Waals surface area contributed by atoms with E-state index in [0.29, 0.717) is 11.8 Å². The number of rotatable bonds is 2. The lowest BCUT2D eigenvalue weighted by Gasteiger charge is -2.59. The highest BCUT2D eigenvalue weighted by Crippen LogP contribution is 2.60. The predicted octanol–water partition coefficient (Wildman–Crippen LogP) is 3.32. The standard InChI is InChI=1S/C15H22O2/c1-3-4-15(17-10(2)16)13-6-11-5-12(8-13)9-14(15)7-11/h3-4,11-14H,5-9H2,1-2H3/b4-3+. The van der Waals surface area contributed by atoms with Gasteiger partial charge in [-0.05, 0) is 56.9 Å². The van der Waals surface area contributed by atoms with E-state index in [0.717, 1.165) is 11.8 Å². The average molecular weight is 234 g/mol. The zero-order valence-electron chi connectivity index (χ0n) is 10.8. The van der Waals surface area contributed by atoms with Crippen molar-refractivity contribution in [2.75, 3.05) is 0 Å². The van der Waals surface area contributed by atoms with Crippen molar-refractivity contribution in [3.05, 3.63) is 12.2 Å². The van der Waals surface area contributed by atoms with E-state index in [1.54, 1.807) is 6.92 Å². The molecule has 4 bridgehead atoms. The number of carbonyl (C=O) groups excluding carboxylic acids is 1. The van der Waals surface area contributed by atoms with Gasteiger partial charge in [0.25, 0.3) is 0 Å². The minimum Gasteiger partial charge on any atom is -0.454 e. The fourth-order valence-electron chi connectivity index (χ4n) is 4.90. The molecule has 4 saturated carbocycles. The Balaban J connectivity index is 1.95. The first-order valence-corrected chi connectivity index (χ1v) is 6.97. The van der Waals surface area contributed by atoms with Gasteiger partial charge in [-0.3, -0.25) is 4.79 Å². The van der Waals surface area contributed by atoms with Crippen molar-refractivity contribution in [3.8, 4) is 0 Å². The lowest BCUT2D eigenvalue weighted by atomic mass is 9.49. The number of ether oxygens (including phenoxy) is 1. The Morgan fingerprint density at radius 3 is 2.06 bits per heavy atom. The van der Waals surface area contributed by atoms with Crippen molar-refractivity contribution in [3.63, 3.8) is 0 Å². The van der Waals surface area contributed by atoms with Crippen LogP contribution in [0.3, 0.4) is 0 Å². The molecular weight excluding hydrogens is 212 g/mol. The Labute approximate surface area is 103 Å². The molecule has 4 aliphatic carbocycles. The molecule has 4 fully saturated rings. The second kappa shape index (κ2) is 3.86. The monoisotopic (exact) mass is 234 g/mol. The molecule has 0 aliphatic heterocycles. The van der Waals surface area contributed by atoms with E-state index in [-0.39, 0.29) is 11.6 Å². The summed E-state index contributed by atoms with van der Waals surface area (Å²) in [6.45, 7) is 3.59. The van der Waals surface area contributed by atoms with Gasteiger partial charge < -0.3 is 4.74 Å². The summed E-state index contributed by atoms with van der Waals surface area (Å²) in [4.78, 5) is 11.5. The Kier molecular flexibility index (Phi) is 2.57. The van der Waals surface area contributed by atoms with E-state index in [1.807, 2.05) is 6.92 Å². The third-order valence-electron chi connectivity index (χ3n) is 5.16. The van der Waals surface area contributed by atoms with Crippen LogP contribution < -0.4 is 0 Å². The first-order valence-electron chi connectivity index (χ1n) is 6.97. The Bertz CT molecular complexity index is 328. The highest BCUT2D eigenvalue weighted by atomic mass is 16.6. The first kappa shape index (κ1) is 11.3. The molecule has 0 radical (unpaired) electrons. The van der Waals surface area contributed by atoms with Crippen molar-refractivity contribution < 1.29 is 9.53 Å². The van der Waals surface area contributed by atoms with Crippen molar-refractivity contribution in [2.45, 2.75) is 51.6 Å². The van der Waals surface area contributed by atoms with E-state index in [1.165, 1.54) is 32.1 Å². The molecule has 2 heteroatoms. The van der Waals surface area contributed by atoms with Gasteiger partial charge in [0.1, 0.15) is 5.60 Å². The zero-order valence-corrected chi connectivity index (χ0v) is 10.8. The Morgan fingerprint density at radius 1 is 1.12 bits per heavy atom. The van der Waals surface area contributed by atoms with Crippen LogP contribution in [-0.4, -0.2) is 11.6 Å². The minimum atomic E-state index is -0.256. The molecule has 94 valence electrons. The van der Waals surface area contributed by atoms with Crippen molar-refractivity contribution in [1.82, 2.24) is 0 Å².